The van der Waals surface area contributed by atoms with Crippen LogP contribution in [0.3, 0.4) is 0 Å². The fraction of sp³-hybridized carbons (Fsp3) is 0.467. The van der Waals surface area contributed by atoms with E-state index >= 15 is 0 Å². The molecule has 0 unspecified atom stereocenters. The predicted octanol–water partition coefficient (Wildman–Crippen LogP) is 4.11. The third-order valence-electron chi connectivity index (χ3n) is 8.15. The molecule has 0 atom stereocenters. The number of halogens is 3. The van der Waals surface area contributed by atoms with E-state index in [0.29, 0.717) is 22.6 Å². The Labute approximate surface area is 258 Å². The highest BCUT2D eigenvalue weighted by atomic mass is 32.2. The Morgan fingerprint density at radius 3 is 2.48 bits per heavy atom. The largest absolute Gasteiger partial charge is 0.616 e. The van der Waals surface area contributed by atoms with Crippen molar-refractivity contribution in [1.82, 2.24) is 9.47 Å². The fourth-order valence-electron chi connectivity index (χ4n) is 5.95. The van der Waals surface area contributed by atoms with Crippen molar-refractivity contribution in [2.45, 2.75) is 55.4 Å². The highest BCUT2D eigenvalue weighted by Crippen LogP contribution is 2.33. The fourth-order valence-corrected chi connectivity index (χ4v) is 7.56. The molecule has 2 fully saturated rings. The third-order valence-corrected chi connectivity index (χ3v) is 10.3. The number of hydrogen-bond acceptors (Lipinski definition) is 7. The maximum absolute atomic E-state index is 13.6. The summed E-state index contributed by atoms with van der Waals surface area (Å²) in [6.07, 6.45) is -0.501. The van der Waals surface area contributed by atoms with Crippen molar-refractivity contribution in [2.75, 3.05) is 48.9 Å². The number of anilines is 2. The molecule has 9 nitrogen and oxygen atoms in total. The van der Waals surface area contributed by atoms with Gasteiger partial charge in [-0.2, -0.15) is 13.2 Å². The first-order valence-corrected chi connectivity index (χ1v) is 17.4. The zero-order valence-electron chi connectivity index (χ0n) is 24.3. The molecule has 238 valence electrons. The molecule has 1 saturated heterocycles. The van der Waals surface area contributed by atoms with Crippen LogP contribution in [0.1, 0.15) is 31.4 Å². The van der Waals surface area contributed by atoms with E-state index in [1.54, 1.807) is 18.2 Å². The average Bonchev–Trinajstić information content (AvgIpc) is 3.32. The molecule has 14 heteroatoms. The van der Waals surface area contributed by atoms with Gasteiger partial charge in [0.2, 0.25) is 10.0 Å². The quantitative estimate of drug-likeness (QED) is 0.247. The second-order valence-electron chi connectivity index (χ2n) is 11.1. The Hall–Kier alpha value is -3.09. The minimum Gasteiger partial charge on any atom is -0.616 e. The van der Waals surface area contributed by atoms with Gasteiger partial charge in [-0.3, -0.25) is 4.90 Å². The molecule has 2 aromatic carbocycles. The van der Waals surface area contributed by atoms with Crippen LogP contribution in [-0.4, -0.2) is 78.9 Å². The normalized spacial score (nSPS) is 20.2. The molecule has 5 rings (SSSR count). The number of fused-ring (bicyclic) bond motifs is 1. The van der Waals surface area contributed by atoms with Gasteiger partial charge in [-0.1, -0.05) is 23.2 Å². The first-order chi connectivity index (χ1) is 20.9. The third kappa shape index (κ3) is 7.94. The SMILES string of the molecule is COc1cc(S(N)(=O)=O)ccc1NCC#Cc1cc2c(NC3CCC(N4CC[S+]([O-])CC4)CC3)cccc2n1CC(F)(F)F. The van der Waals surface area contributed by atoms with E-state index in [1.165, 1.54) is 29.9 Å². The Balaban J connectivity index is 1.31. The van der Waals surface area contributed by atoms with Crippen molar-refractivity contribution in [3.05, 3.63) is 48.2 Å². The van der Waals surface area contributed by atoms with Gasteiger partial charge in [-0.05, 0) is 61.9 Å². The van der Waals surface area contributed by atoms with E-state index in [2.05, 4.69) is 27.4 Å². The smallest absolute Gasteiger partial charge is 0.406 e. The predicted molar refractivity (Wildman–Crippen MR) is 167 cm³/mol. The number of nitrogens with two attached hydrogens (primary N) is 1. The second-order valence-corrected chi connectivity index (χ2v) is 14.3. The Morgan fingerprint density at radius 1 is 1.09 bits per heavy atom. The molecule has 0 radical (unpaired) electrons. The molecule has 1 saturated carbocycles. The van der Waals surface area contributed by atoms with Crippen LogP contribution in [-0.2, 0) is 27.7 Å². The van der Waals surface area contributed by atoms with E-state index in [-0.39, 0.29) is 28.9 Å². The molecule has 2 heterocycles. The lowest BCUT2D eigenvalue weighted by atomic mass is 9.90. The number of nitrogens with one attached hydrogen (secondary N) is 2. The summed E-state index contributed by atoms with van der Waals surface area (Å²) in [5, 5.41) is 12.5. The highest BCUT2D eigenvalue weighted by Gasteiger charge is 2.31. The number of hydrogen-bond donors (Lipinski definition) is 3. The van der Waals surface area contributed by atoms with E-state index in [0.717, 1.165) is 56.0 Å². The zero-order valence-corrected chi connectivity index (χ0v) is 26.0. The standard InChI is InChI=1S/C30H36F3N5O4S2/c1-42-29-19-24(44(34,40)41)11-12-27(29)35-13-3-4-23-18-25-26(5-2-6-28(25)38(23)20-30(31,32)33)36-21-7-9-22(10-8-21)37-14-16-43(39)17-15-37/h2,5-6,11-12,18-19,21-22,35-36H,7-10,13-17,20H2,1H3,(H2,34,40,41). The topological polar surface area (TPSA) is 125 Å². The average molecular weight is 652 g/mol. The van der Waals surface area contributed by atoms with Crippen molar-refractivity contribution in [3.8, 4) is 17.6 Å². The summed E-state index contributed by atoms with van der Waals surface area (Å²) in [5.74, 6) is 7.47. The number of alkyl halides is 3. The lowest BCUT2D eigenvalue weighted by Gasteiger charge is -2.39. The highest BCUT2D eigenvalue weighted by molar-refractivity contribution is 7.91. The molecule has 1 aliphatic heterocycles. The number of benzene rings is 2. The maximum Gasteiger partial charge on any atom is 0.406 e. The Kier molecular flexibility index (Phi) is 9.91. The number of sulfonamides is 1. The van der Waals surface area contributed by atoms with Crippen LogP contribution in [0.4, 0.5) is 24.5 Å². The minimum absolute atomic E-state index is 0.0693. The lowest BCUT2D eigenvalue weighted by molar-refractivity contribution is -0.140. The Bertz CT molecular complexity index is 1640. The van der Waals surface area contributed by atoms with Crippen molar-refractivity contribution in [1.29, 1.82) is 0 Å². The van der Waals surface area contributed by atoms with Crippen LogP contribution in [0.15, 0.2) is 47.4 Å². The van der Waals surface area contributed by atoms with Crippen LogP contribution in [0, 0.1) is 11.8 Å². The van der Waals surface area contributed by atoms with Gasteiger partial charge >= 0.3 is 6.18 Å². The van der Waals surface area contributed by atoms with Gasteiger partial charge in [0.1, 0.15) is 23.8 Å². The summed E-state index contributed by atoms with van der Waals surface area (Å²) >= 11 is -0.703. The van der Waals surface area contributed by atoms with Crippen molar-refractivity contribution in [2.24, 2.45) is 5.14 Å². The maximum atomic E-state index is 13.6. The number of methoxy groups -OCH3 is 1. The molecule has 0 amide bonds. The van der Waals surface area contributed by atoms with Crippen molar-refractivity contribution >= 4 is 43.5 Å². The second kappa shape index (κ2) is 13.5. The molecule has 2 aliphatic rings. The molecule has 3 aromatic rings. The molecule has 0 spiro atoms. The monoisotopic (exact) mass is 651 g/mol. The van der Waals surface area contributed by atoms with Gasteiger partial charge in [0.15, 0.2) is 0 Å². The zero-order chi connectivity index (χ0) is 31.5. The molecule has 1 aliphatic carbocycles. The van der Waals surface area contributed by atoms with E-state index in [1.807, 2.05) is 6.07 Å². The van der Waals surface area contributed by atoms with Gasteiger partial charge in [-0.15, -0.1) is 0 Å². The van der Waals surface area contributed by atoms with Crippen LogP contribution in [0.5, 0.6) is 5.75 Å². The lowest BCUT2D eigenvalue weighted by Crippen LogP contribution is -2.48. The Morgan fingerprint density at radius 2 is 1.82 bits per heavy atom. The first-order valence-electron chi connectivity index (χ1n) is 14.4. The number of ether oxygens (including phenoxy) is 1. The molecular formula is C30H36F3N5O4S2. The summed E-state index contributed by atoms with van der Waals surface area (Å²) < 4.78 is 82.3. The molecule has 44 heavy (non-hydrogen) atoms. The number of aromatic nitrogens is 1. The number of rotatable bonds is 8. The molecule has 0 bridgehead atoms. The van der Waals surface area contributed by atoms with Crippen molar-refractivity contribution < 1.29 is 30.9 Å². The van der Waals surface area contributed by atoms with Crippen LogP contribution >= 0.6 is 0 Å². The van der Waals surface area contributed by atoms with Crippen molar-refractivity contribution in [3.63, 3.8) is 0 Å². The van der Waals surface area contributed by atoms with Crippen LogP contribution in [0.25, 0.3) is 10.9 Å². The van der Waals surface area contributed by atoms with Gasteiger partial charge in [0.25, 0.3) is 0 Å². The van der Waals surface area contributed by atoms with Gasteiger partial charge in [-0.25, -0.2) is 13.6 Å². The van der Waals surface area contributed by atoms with Gasteiger partial charge < -0.3 is 24.5 Å². The van der Waals surface area contributed by atoms with E-state index in [4.69, 9.17) is 9.88 Å². The number of nitrogens with zero attached hydrogens (tertiary/aromatic N) is 2. The summed E-state index contributed by atoms with van der Waals surface area (Å²) in [5.41, 5.74) is 1.92. The molecular weight excluding hydrogens is 615 g/mol. The van der Waals surface area contributed by atoms with Gasteiger partial charge in [0.05, 0.1) is 35.4 Å². The van der Waals surface area contributed by atoms with E-state index < -0.39 is 33.9 Å². The number of primary sulfonamides is 1. The molecule has 4 N–H and O–H groups in total. The van der Waals surface area contributed by atoms with Crippen LogP contribution in [0.2, 0.25) is 0 Å². The molecule has 1 aromatic heterocycles. The van der Waals surface area contributed by atoms with Gasteiger partial charge in [0, 0.05) is 42.3 Å². The first kappa shape index (κ1) is 32.3. The summed E-state index contributed by atoms with van der Waals surface area (Å²) in [6.45, 7) is 0.643. The summed E-state index contributed by atoms with van der Waals surface area (Å²) in [4.78, 5) is 2.34. The van der Waals surface area contributed by atoms with E-state index in [9.17, 15) is 26.1 Å². The van der Waals surface area contributed by atoms with Crippen LogP contribution < -0.4 is 20.5 Å². The summed E-state index contributed by atoms with van der Waals surface area (Å²) in [6, 6.07) is 11.8. The minimum atomic E-state index is -4.44. The summed E-state index contributed by atoms with van der Waals surface area (Å²) in [7, 11) is -2.54.